The van der Waals surface area contributed by atoms with E-state index in [0.717, 1.165) is 19.3 Å². The molecule has 0 amide bonds. The van der Waals surface area contributed by atoms with Crippen molar-refractivity contribution in [1.29, 1.82) is 0 Å². The van der Waals surface area contributed by atoms with Crippen LogP contribution < -0.4 is 0 Å². The fourth-order valence-electron chi connectivity index (χ4n) is 8.68. The maximum absolute atomic E-state index is 13.5. The summed E-state index contributed by atoms with van der Waals surface area (Å²) in [4.78, 5) is 40.5. The normalized spacial score (nSPS) is 46.1. The van der Waals surface area contributed by atoms with E-state index in [1.54, 1.807) is 26.8 Å². The van der Waals surface area contributed by atoms with Crippen molar-refractivity contribution in [1.82, 2.24) is 0 Å². The van der Waals surface area contributed by atoms with Gasteiger partial charge in [-0.2, -0.15) is 0 Å². The van der Waals surface area contributed by atoms with Gasteiger partial charge in [0.25, 0.3) is 0 Å². The number of fused-ring (bicyclic) bond motifs is 2. The van der Waals surface area contributed by atoms with Crippen LogP contribution in [-0.4, -0.2) is 91.1 Å². The Bertz CT molecular complexity index is 1450. The molecule has 318 valence electrons. The van der Waals surface area contributed by atoms with E-state index in [0.29, 0.717) is 25.0 Å². The first-order valence-corrected chi connectivity index (χ1v) is 20.9. The smallest absolute Gasteiger partial charge is 0.330 e. The molecular weight excluding hydrogens is 716 g/mol. The minimum atomic E-state index is -2.19. The lowest BCUT2D eigenvalue weighted by molar-refractivity contribution is -0.338. The van der Waals surface area contributed by atoms with Gasteiger partial charge in [-0.3, -0.25) is 9.59 Å². The number of carbonyl (C=O) groups excluding carboxylic acids is 3. The lowest BCUT2D eigenvalue weighted by atomic mass is 9.75. The topological polar surface area (TPSA) is 180 Å². The van der Waals surface area contributed by atoms with Crippen LogP contribution in [0.4, 0.5) is 0 Å². The summed E-state index contributed by atoms with van der Waals surface area (Å²) in [6, 6.07) is 0. The highest BCUT2D eigenvalue weighted by Gasteiger charge is 2.56. The highest BCUT2D eigenvalue weighted by atomic mass is 16.7. The number of aliphatic hydroxyl groups excluding tert-OH is 4. The van der Waals surface area contributed by atoms with E-state index >= 15 is 0 Å². The van der Waals surface area contributed by atoms with Crippen molar-refractivity contribution in [3.05, 3.63) is 48.3 Å². The first-order valence-electron chi connectivity index (χ1n) is 20.9. The van der Waals surface area contributed by atoms with Gasteiger partial charge in [0, 0.05) is 48.0 Å². The molecule has 2 bridgehead atoms. The minimum absolute atomic E-state index is 0.0806. The summed E-state index contributed by atoms with van der Waals surface area (Å²) in [5.41, 5.74) is -2.19. The van der Waals surface area contributed by atoms with Crippen molar-refractivity contribution in [2.45, 2.75) is 163 Å². The van der Waals surface area contributed by atoms with Crippen LogP contribution in [0.25, 0.3) is 0 Å². The average Bonchev–Trinajstić information content (AvgIpc) is 3.16. The first kappa shape index (κ1) is 47.7. The number of Topliss-reactive ketones (excluding diaryl/α,β-unsaturated/α-hetero) is 2. The molecule has 0 aliphatic carbocycles. The molecule has 3 aliphatic heterocycles. The van der Waals surface area contributed by atoms with Crippen molar-refractivity contribution in [3.63, 3.8) is 0 Å². The van der Waals surface area contributed by atoms with E-state index in [1.807, 2.05) is 32.1 Å². The molecule has 3 heterocycles. The maximum Gasteiger partial charge on any atom is 0.330 e. The molecule has 3 aliphatic rings. The number of esters is 1. The van der Waals surface area contributed by atoms with Crippen LogP contribution in [-0.2, 0) is 28.6 Å². The van der Waals surface area contributed by atoms with Gasteiger partial charge in [-0.05, 0) is 63.9 Å². The third kappa shape index (κ3) is 11.3. The second kappa shape index (κ2) is 20.3. The van der Waals surface area contributed by atoms with Crippen LogP contribution in [0.5, 0.6) is 0 Å². The van der Waals surface area contributed by atoms with Crippen LogP contribution >= 0.6 is 0 Å². The molecule has 0 aromatic rings. The molecule has 56 heavy (non-hydrogen) atoms. The lowest BCUT2D eigenvalue weighted by Crippen LogP contribution is -2.60. The molecule has 5 N–H and O–H groups in total. The van der Waals surface area contributed by atoms with E-state index < -0.39 is 89.0 Å². The average molecular weight is 789 g/mol. The van der Waals surface area contributed by atoms with Gasteiger partial charge in [0.05, 0.1) is 36.4 Å². The number of allylic oxidation sites excluding steroid dienone is 5. The monoisotopic (exact) mass is 789 g/mol. The fourth-order valence-corrected chi connectivity index (χ4v) is 8.68. The van der Waals surface area contributed by atoms with Crippen LogP contribution in [0, 0.1) is 53.3 Å². The first-order chi connectivity index (χ1) is 26.1. The summed E-state index contributed by atoms with van der Waals surface area (Å²) >= 11 is 0. The summed E-state index contributed by atoms with van der Waals surface area (Å²) in [6.45, 7) is 18.9. The van der Waals surface area contributed by atoms with Crippen LogP contribution in [0.1, 0.15) is 115 Å². The number of ether oxygens (including phenoxy) is 3. The number of ketones is 2. The molecule has 11 nitrogen and oxygen atoms in total. The second-order valence-electron chi connectivity index (χ2n) is 17.6. The zero-order valence-corrected chi connectivity index (χ0v) is 35.6. The molecule has 1 spiro atoms. The van der Waals surface area contributed by atoms with Crippen molar-refractivity contribution < 1.29 is 54.1 Å². The molecule has 0 saturated carbocycles. The number of hydrogen-bond donors (Lipinski definition) is 5. The molecule has 2 fully saturated rings. The van der Waals surface area contributed by atoms with Gasteiger partial charge in [-0.25, -0.2) is 4.79 Å². The van der Waals surface area contributed by atoms with Gasteiger partial charge in [0.15, 0.2) is 5.78 Å². The predicted octanol–water partition coefficient (Wildman–Crippen LogP) is 6.01. The molecule has 3 rings (SSSR count). The molecule has 0 unspecified atom stereocenters. The Morgan fingerprint density at radius 3 is 2.16 bits per heavy atom. The van der Waals surface area contributed by atoms with Crippen molar-refractivity contribution in [2.75, 3.05) is 0 Å². The Balaban J connectivity index is 2.00. The van der Waals surface area contributed by atoms with Crippen LogP contribution in [0.2, 0.25) is 0 Å². The van der Waals surface area contributed by atoms with Gasteiger partial charge in [-0.15, -0.1) is 0 Å². The SMILES string of the molecule is CC[C@@H]1/C=C/C=C/C[C@H](C)[C@@H](O)[C@](C)(O)C(=O)[C@H](C)[C@@H](O)[C@H](C)C(=O)[C@H](C)[C@@H](O)[C@H](C)/C=C/C(=O)O[C@H]2[C@@H](C)[C@@H](CC1)O[C@@]1(CC[C@@H](C)/C(=C\[C@H](C)O)O1)[C@@H]2C. The van der Waals surface area contributed by atoms with Gasteiger partial charge in [0.1, 0.15) is 23.2 Å². The minimum Gasteiger partial charge on any atom is -0.466 e. The Morgan fingerprint density at radius 2 is 1.54 bits per heavy atom. The van der Waals surface area contributed by atoms with Crippen LogP contribution in [0.15, 0.2) is 48.3 Å². The molecule has 0 aromatic heterocycles. The third-order valence-electron chi connectivity index (χ3n) is 13.0. The van der Waals surface area contributed by atoms with Crippen molar-refractivity contribution >= 4 is 17.5 Å². The summed E-state index contributed by atoms with van der Waals surface area (Å²) in [5, 5.41) is 54.9. The second-order valence-corrected chi connectivity index (χ2v) is 17.6. The van der Waals surface area contributed by atoms with E-state index in [1.165, 1.54) is 39.8 Å². The number of aliphatic hydroxyl groups is 5. The number of rotatable bonds is 2. The predicted molar refractivity (Wildman–Crippen MR) is 215 cm³/mol. The van der Waals surface area contributed by atoms with E-state index in [4.69, 9.17) is 14.2 Å². The largest absolute Gasteiger partial charge is 0.466 e. The highest BCUT2D eigenvalue weighted by Crippen LogP contribution is 2.49. The Hall–Kier alpha value is -2.67. The number of carbonyl (C=O) groups is 3. The van der Waals surface area contributed by atoms with E-state index in [9.17, 15) is 39.9 Å². The Labute approximate surface area is 335 Å². The third-order valence-corrected chi connectivity index (χ3v) is 13.0. The number of hydrogen-bond acceptors (Lipinski definition) is 11. The zero-order valence-electron chi connectivity index (χ0n) is 35.6. The fraction of sp³-hybridized carbons (Fsp3) is 0.756. The summed E-state index contributed by atoms with van der Waals surface area (Å²) < 4.78 is 19.8. The molecule has 0 aromatic carbocycles. The van der Waals surface area contributed by atoms with E-state index in [2.05, 4.69) is 19.9 Å². The molecular formula is C45H72O11. The van der Waals surface area contributed by atoms with Gasteiger partial charge in [0.2, 0.25) is 5.79 Å². The van der Waals surface area contributed by atoms with Crippen molar-refractivity contribution in [3.8, 4) is 0 Å². The van der Waals surface area contributed by atoms with Crippen LogP contribution in [0.3, 0.4) is 0 Å². The summed E-state index contributed by atoms with van der Waals surface area (Å²) in [6.07, 6.45) is 10.6. The Kier molecular flexibility index (Phi) is 17.3. The Morgan fingerprint density at radius 1 is 0.893 bits per heavy atom. The standard InChI is InChI=1S/C45H72O11/c1-12-34-17-15-13-14-16-27(4)42(51)44(11,53)43(52)32(9)40(50)31(8)39(49)30(7)38(48)26(3)18-21-37(47)54-41-29(6)35(20-19-34)55-45(33(41)10)23-22-25(2)36(56-45)24-28(5)46/h13-15,17-18,21,24-35,38,40-42,46,48,50-51,53H,12,16,19-20,22-23H2,1-11H3/b14-13+,17-15+,21-18+,36-24+/t25-,26-,27+,28+,29+,30-,31-,32-,33-,34-,35-,38+,40+,41+,42-,44+,45-/m1/s1. The molecule has 11 heteroatoms. The summed E-state index contributed by atoms with van der Waals surface area (Å²) in [5.74, 6) is -6.95. The van der Waals surface area contributed by atoms with Gasteiger partial charge in [-0.1, -0.05) is 92.7 Å². The van der Waals surface area contributed by atoms with Crippen molar-refractivity contribution in [2.24, 2.45) is 53.3 Å². The molecule has 2 saturated heterocycles. The summed E-state index contributed by atoms with van der Waals surface area (Å²) in [7, 11) is 0. The van der Waals surface area contributed by atoms with E-state index in [-0.39, 0.29) is 29.8 Å². The van der Waals surface area contributed by atoms with Gasteiger partial charge >= 0.3 is 5.97 Å². The quantitative estimate of drug-likeness (QED) is 0.207. The highest BCUT2D eigenvalue weighted by molar-refractivity contribution is 5.91. The maximum atomic E-state index is 13.5. The van der Waals surface area contributed by atoms with Gasteiger partial charge < -0.3 is 39.7 Å². The molecule has 17 atom stereocenters. The zero-order chi connectivity index (χ0) is 42.3. The molecule has 0 radical (unpaired) electrons. The lowest BCUT2D eigenvalue weighted by Gasteiger charge is -2.54.